The van der Waals surface area contributed by atoms with Crippen LogP contribution in [-0.2, 0) is 0 Å². The zero-order valence-electron chi connectivity index (χ0n) is 10.5. The number of anilines is 2. The smallest absolute Gasteiger partial charge is 0.255 e. The molecular formula is C14H11ClF2N2O. The molecule has 0 fully saturated rings. The molecule has 0 aliphatic rings. The average Bonchev–Trinajstić information content (AvgIpc) is 2.36. The number of aryl methyl sites for hydroxylation is 1. The maximum atomic E-state index is 13.6. The molecular weight excluding hydrogens is 286 g/mol. The van der Waals surface area contributed by atoms with Crippen molar-refractivity contribution in [3.8, 4) is 0 Å². The molecule has 0 heterocycles. The molecule has 20 heavy (non-hydrogen) atoms. The molecule has 2 aromatic rings. The van der Waals surface area contributed by atoms with E-state index in [0.29, 0.717) is 11.8 Å². The van der Waals surface area contributed by atoms with Gasteiger partial charge in [-0.05, 0) is 30.7 Å². The number of amides is 1. The van der Waals surface area contributed by atoms with E-state index in [1.807, 2.05) is 0 Å². The second-order valence-electron chi connectivity index (χ2n) is 4.27. The van der Waals surface area contributed by atoms with Crippen LogP contribution in [0.5, 0.6) is 0 Å². The number of nitrogens with two attached hydrogens (primary N) is 1. The van der Waals surface area contributed by atoms with Gasteiger partial charge < -0.3 is 11.1 Å². The largest absolute Gasteiger partial charge is 0.398 e. The minimum absolute atomic E-state index is 0.212. The van der Waals surface area contributed by atoms with Gasteiger partial charge in [-0.3, -0.25) is 4.79 Å². The molecule has 1 amide bonds. The van der Waals surface area contributed by atoms with Crippen LogP contribution in [0.25, 0.3) is 0 Å². The minimum atomic E-state index is -0.941. The van der Waals surface area contributed by atoms with Gasteiger partial charge in [-0.2, -0.15) is 0 Å². The zero-order valence-corrected chi connectivity index (χ0v) is 11.3. The van der Waals surface area contributed by atoms with Crippen molar-refractivity contribution in [1.29, 1.82) is 0 Å². The number of hydrogen-bond donors (Lipinski definition) is 2. The summed E-state index contributed by atoms with van der Waals surface area (Å²) in [5, 5.41) is 2.09. The Morgan fingerprint density at radius 1 is 1.25 bits per heavy atom. The Hall–Kier alpha value is -2.14. The van der Waals surface area contributed by atoms with Gasteiger partial charge in [0.05, 0.1) is 10.7 Å². The van der Waals surface area contributed by atoms with Crippen molar-refractivity contribution in [2.24, 2.45) is 0 Å². The molecule has 2 rings (SSSR count). The second kappa shape index (κ2) is 5.46. The lowest BCUT2D eigenvalue weighted by Crippen LogP contribution is -2.14. The molecule has 0 aromatic heterocycles. The van der Waals surface area contributed by atoms with Crippen LogP contribution < -0.4 is 11.1 Å². The summed E-state index contributed by atoms with van der Waals surface area (Å²) in [5.74, 6) is -2.34. The lowest BCUT2D eigenvalue weighted by atomic mass is 10.1. The third-order valence-corrected chi connectivity index (χ3v) is 3.08. The van der Waals surface area contributed by atoms with Crippen molar-refractivity contribution >= 4 is 28.9 Å². The van der Waals surface area contributed by atoms with Gasteiger partial charge in [0, 0.05) is 17.3 Å². The summed E-state index contributed by atoms with van der Waals surface area (Å²) in [6.45, 7) is 1.80. The van der Waals surface area contributed by atoms with Crippen LogP contribution in [0.1, 0.15) is 15.9 Å². The fourth-order valence-electron chi connectivity index (χ4n) is 1.63. The molecule has 0 radical (unpaired) electrons. The SMILES string of the molecule is Cc1ccc(C(=O)Nc2c(F)cc(F)cc2Cl)cc1N. The topological polar surface area (TPSA) is 55.1 Å². The Morgan fingerprint density at radius 2 is 1.95 bits per heavy atom. The van der Waals surface area contributed by atoms with Crippen molar-refractivity contribution in [2.75, 3.05) is 11.1 Å². The fourth-order valence-corrected chi connectivity index (χ4v) is 1.87. The second-order valence-corrected chi connectivity index (χ2v) is 4.68. The number of rotatable bonds is 2. The molecule has 0 spiro atoms. The number of nitrogens with one attached hydrogen (secondary N) is 1. The third-order valence-electron chi connectivity index (χ3n) is 2.79. The first-order valence-corrected chi connectivity index (χ1v) is 6.08. The van der Waals surface area contributed by atoms with Crippen LogP contribution in [0.3, 0.4) is 0 Å². The molecule has 0 saturated heterocycles. The van der Waals surface area contributed by atoms with Crippen molar-refractivity contribution in [2.45, 2.75) is 6.92 Å². The number of benzene rings is 2. The maximum Gasteiger partial charge on any atom is 0.255 e. The highest BCUT2D eigenvalue weighted by atomic mass is 35.5. The summed E-state index contributed by atoms with van der Waals surface area (Å²) < 4.78 is 26.5. The van der Waals surface area contributed by atoms with E-state index in [4.69, 9.17) is 17.3 Å². The van der Waals surface area contributed by atoms with Gasteiger partial charge in [0.15, 0.2) is 5.82 Å². The van der Waals surface area contributed by atoms with E-state index in [0.717, 1.165) is 11.6 Å². The summed E-state index contributed by atoms with van der Waals surface area (Å²) in [6, 6.07) is 6.26. The Kier molecular flexibility index (Phi) is 3.90. The van der Waals surface area contributed by atoms with Crippen molar-refractivity contribution in [3.63, 3.8) is 0 Å². The minimum Gasteiger partial charge on any atom is -0.398 e. The van der Waals surface area contributed by atoms with Gasteiger partial charge in [0.25, 0.3) is 5.91 Å². The molecule has 6 heteroatoms. The highest BCUT2D eigenvalue weighted by Gasteiger charge is 2.14. The van der Waals surface area contributed by atoms with Gasteiger partial charge in [-0.25, -0.2) is 8.78 Å². The van der Waals surface area contributed by atoms with Crippen molar-refractivity contribution < 1.29 is 13.6 Å². The van der Waals surface area contributed by atoms with E-state index in [1.165, 1.54) is 6.07 Å². The van der Waals surface area contributed by atoms with Crippen LogP contribution in [0.2, 0.25) is 5.02 Å². The van der Waals surface area contributed by atoms with Gasteiger partial charge in [0.2, 0.25) is 0 Å². The van der Waals surface area contributed by atoms with E-state index in [1.54, 1.807) is 19.1 Å². The molecule has 3 nitrogen and oxygen atoms in total. The Labute approximate surface area is 119 Å². The van der Waals surface area contributed by atoms with E-state index in [-0.39, 0.29) is 16.3 Å². The predicted octanol–water partition coefficient (Wildman–Crippen LogP) is 3.76. The van der Waals surface area contributed by atoms with Crippen LogP contribution >= 0.6 is 11.6 Å². The number of hydrogen-bond acceptors (Lipinski definition) is 2. The summed E-state index contributed by atoms with van der Waals surface area (Å²) in [4.78, 5) is 12.0. The van der Waals surface area contributed by atoms with Gasteiger partial charge in [-0.1, -0.05) is 17.7 Å². The molecule has 0 unspecified atom stereocenters. The van der Waals surface area contributed by atoms with Crippen molar-refractivity contribution in [3.05, 3.63) is 58.1 Å². The molecule has 104 valence electrons. The number of nitrogen functional groups attached to an aromatic ring is 1. The average molecular weight is 297 g/mol. The number of halogens is 3. The van der Waals surface area contributed by atoms with Crippen molar-refractivity contribution in [1.82, 2.24) is 0 Å². The first-order chi connectivity index (χ1) is 9.38. The highest BCUT2D eigenvalue weighted by molar-refractivity contribution is 6.34. The fraction of sp³-hybridized carbons (Fsp3) is 0.0714. The maximum absolute atomic E-state index is 13.6. The first-order valence-electron chi connectivity index (χ1n) is 5.70. The Bertz CT molecular complexity index is 666. The summed E-state index contributed by atoms with van der Waals surface area (Å²) in [6.07, 6.45) is 0. The van der Waals surface area contributed by atoms with E-state index < -0.39 is 17.5 Å². The Morgan fingerprint density at radius 3 is 2.55 bits per heavy atom. The summed E-state index contributed by atoms with van der Waals surface area (Å²) in [7, 11) is 0. The predicted molar refractivity (Wildman–Crippen MR) is 74.9 cm³/mol. The normalized spacial score (nSPS) is 10.4. The Balaban J connectivity index is 2.30. The van der Waals surface area contributed by atoms with Crippen LogP contribution in [0, 0.1) is 18.6 Å². The zero-order chi connectivity index (χ0) is 14.9. The standard InChI is InChI=1S/C14H11ClF2N2O/c1-7-2-3-8(4-12(7)18)14(20)19-13-10(15)5-9(16)6-11(13)17/h2-6H,18H2,1H3,(H,19,20). The summed E-state index contributed by atoms with van der Waals surface area (Å²) >= 11 is 5.70. The van der Waals surface area contributed by atoms with Gasteiger partial charge in [0.1, 0.15) is 5.82 Å². The molecule has 0 atom stereocenters. The van der Waals surface area contributed by atoms with Crippen LogP contribution in [0.15, 0.2) is 30.3 Å². The van der Waals surface area contributed by atoms with E-state index >= 15 is 0 Å². The third kappa shape index (κ3) is 2.88. The highest BCUT2D eigenvalue weighted by Crippen LogP contribution is 2.27. The first kappa shape index (κ1) is 14.3. The lowest BCUT2D eigenvalue weighted by molar-refractivity contribution is 0.102. The monoisotopic (exact) mass is 296 g/mol. The number of carbonyl (C=O) groups is 1. The van der Waals surface area contributed by atoms with Gasteiger partial charge in [-0.15, -0.1) is 0 Å². The van der Waals surface area contributed by atoms with Crippen LogP contribution in [0.4, 0.5) is 20.2 Å². The van der Waals surface area contributed by atoms with Gasteiger partial charge >= 0.3 is 0 Å². The van der Waals surface area contributed by atoms with E-state index in [9.17, 15) is 13.6 Å². The summed E-state index contributed by atoms with van der Waals surface area (Å²) in [5.41, 5.74) is 6.97. The molecule has 0 aliphatic carbocycles. The molecule has 0 saturated carbocycles. The molecule has 0 aliphatic heterocycles. The molecule has 2 aromatic carbocycles. The lowest BCUT2D eigenvalue weighted by Gasteiger charge is -2.09. The van der Waals surface area contributed by atoms with E-state index in [2.05, 4.69) is 5.32 Å². The molecule has 0 bridgehead atoms. The van der Waals surface area contributed by atoms with Crippen LogP contribution in [-0.4, -0.2) is 5.91 Å². The molecule has 3 N–H and O–H groups in total. The number of carbonyl (C=O) groups excluding carboxylic acids is 1. The quantitative estimate of drug-likeness (QED) is 0.829.